The molecule has 1 fully saturated rings. The standard InChI is InChI=1S/C14H15N3O4/c1-6(18)11-9-4-8(7-2-3-10(15)16-5-7)12(14(20)21)17(9)13(11)19/h2-3,5-6,9,11,18H,4H2,1H3,(H2,15,16)(H,20,21)/t6-,9-,11-/m1/s1. The Morgan fingerprint density at radius 2 is 2.24 bits per heavy atom. The van der Waals surface area contributed by atoms with E-state index < -0.39 is 18.0 Å². The molecule has 0 spiro atoms. The van der Waals surface area contributed by atoms with E-state index in [4.69, 9.17) is 5.73 Å². The first-order chi connectivity index (χ1) is 9.91. The predicted molar refractivity (Wildman–Crippen MR) is 73.6 cm³/mol. The van der Waals surface area contributed by atoms with Crippen LogP contribution in [0, 0.1) is 5.92 Å². The van der Waals surface area contributed by atoms with Crippen molar-refractivity contribution in [1.29, 1.82) is 0 Å². The summed E-state index contributed by atoms with van der Waals surface area (Å²) in [6.07, 6.45) is 1.10. The number of nitrogens with zero attached hydrogens (tertiary/aromatic N) is 2. The number of carbonyl (C=O) groups excluding carboxylic acids is 1. The average Bonchev–Trinajstić information content (AvgIpc) is 2.74. The number of carboxylic acids is 1. The van der Waals surface area contributed by atoms with Gasteiger partial charge < -0.3 is 20.8 Å². The minimum atomic E-state index is -1.15. The molecule has 2 aliphatic rings. The number of carboxylic acid groups (broad SMARTS) is 1. The summed E-state index contributed by atoms with van der Waals surface area (Å²) in [6.45, 7) is 1.54. The summed E-state index contributed by atoms with van der Waals surface area (Å²) in [5.41, 5.74) is 6.69. The van der Waals surface area contributed by atoms with Crippen molar-refractivity contribution >= 4 is 23.3 Å². The minimum absolute atomic E-state index is 0.0199. The number of hydrogen-bond acceptors (Lipinski definition) is 5. The lowest BCUT2D eigenvalue weighted by molar-refractivity contribution is -0.161. The molecule has 110 valence electrons. The molecule has 1 amide bonds. The maximum Gasteiger partial charge on any atom is 0.352 e. The van der Waals surface area contributed by atoms with Crippen LogP contribution in [0.25, 0.3) is 5.57 Å². The largest absolute Gasteiger partial charge is 0.477 e. The van der Waals surface area contributed by atoms with E-state index >= 15 is 0 Å². The van der Waals surface area contributed by atoms with Crippen LogP contribution in [0.4, 0.5) is 5.82 Å². The molecule has 0 radical (unpaired) electrons. The molecular formula is C14H15N3O4. The molecular weight excluding hydrogens is 274 g/mol. The number of rotatable bonds is 3. The molecule has 3 atom stereocenters. The fraction of sp³-hybridized carbons (Fsp3) is 0.357. The fourth-order valence-electron chi connectivity index (χ4n) is 3.11. The van der Waals surface area contributed by atoms with Crippen molar-refractivity contribution in [2.24, 2.45) is 5.92 Å². The highest BCUT2D eigenvalue weighted by atomic mass is 16.4. The van der Waals surface area contributed by atoms with Crippen molar-refractivity contribution in [3.63, 3.8) is 0 Å². The number of carbonyl (C=O) groups is 2. The lowest BCUT2D eigenvalue weighted by Crippen LogP contribution is -2.61. The SMILES string of the molecule is C[C@@H](O)[C@H]1C(=O)N2C(C(=O)O)=C(c3ccc(N)nc3)C[C@H]12. The Morgan fingerprint density at radius 1 is 1.52 bits per heavy atom. The van der Waals surface area contributed by atoms with Crippen LogP contribution in [0.15, 0.2) is 24.0 Å². The zero-order chi connectivity index (χ0) is 15.3. The molecule has 21 heavy (non-hydrogen) atoms. The van der Waals surface area contributed by atoms with Gasteiger partial charge in [-0.2, -0.15) is 0 Å². The molecule has 0 aromatic carbocycles. The number of aliphatic carboxylic acids is 1. The van der Waals surface area contributed by atoms with E-state index in [2.05, 4.69) is 4.98 Å². The minimum Gasteiger partial charge on any atom is -0.477 e. The van der Waals surface area contributed by atoms with E-state index in [9.17, 15) is 19.8 Å². The van der Waals surface area contributed by atoms with Gasteiger partial charge in [-0.05, 0) is 36.6 Å². The number of aromatic nitrogens is 1. The summed E-state index contributed by atoms with van der Waals surface area (Å²) in [4.78, 5) is 28.8. The van der Waals surface area contributed by atoms with Crippen molar-refractivity contribution in [3.8, 4) is 0 Å². The predicted octanol–water partition coefficient (Wildman–Crippen LogP) is 0.0710. The number of β-lactam (4-membered cyclic amide) rings is 1. The molecule has 0 unspecified atom stereocenters. The topological polar surface area (TPSA) is 117 Å². The van der Waals surface area contributed by atoms with E-state index in [0.717, 1.165) is 0 Å². The number of anilines is 1. The lowest BCUT2D eigenvalue weighted by atomic mass is 9.82. The van der Waals surface area contributed by atoms with Gasteiger partial charge >= 0.3 is 5.97 Å². The second-order valence-corrected chi connectivity index (χ2v) is 5.35. The summed E-state index contributed by atoms with van der Waals surface area (Å²) in [6, 6.07) is 2.98. The summed E-state index contributed by atoms with van der Waals surface area (Å²) in [5.74, 6) is -1.69. The van der Waals surface area contributed by atoms with Crippen LogP contribution < -0.4 is 5.73 Å². The van der Waals surface area contributed by atoms with E-state index in [0.29, 0.717) is 23.4 Å². The van der Waals surface area contributed by atoms with Crippen LogP contribution in [-0.4, -0.2) is 44.1 Å². The van der Waals surface area contributed by atoms with Crippen LogP contribution in [0.3, 0.4) is 0 Å². The molecule has 7 heteroatoms. The van der Waals surface area contributed by atoms with Gasteiger partial charge in [-0.15, -0.1) is 0 Å². The van der Waals surface area contributed by atoms with Gasteiger partial charge in [0.05, 0.1) is 18.1 Å². The smallest absolute Gasteiger partial charge is 0.352 e. The average molecular weight is 289 g/mol. The van der Waals surface area contributed by atoms with Gasteiger partial charge in [0.15, 0.2) is 0 Å². The van der Waals surface area contributed by atoms with E-state index in [1.54, 1.807) is 19.1 Å². The number of fused-ring (bicyclic) bond motifs is 1. The molecule has 2 aliphatic heterocycles. The van der Waals surface area contributed by atoms with Crippen molar-refractivity contribution in [2.75, 3.05) is 5.73 Å². The van der Waals surface area contributed by atoms with E-state index in [1.165, 1.54) is 11.1 Å². The Hall–Kier alpha value is -2.41. The zero-order valence-electron chi connectivity index (χ0n) is 11.4. The van der Waals surface area contributed by atoms with Crippen LogP contribution in [0.1, 0.15) is 18.9 Å². The Labute approximate surface area is 120 Å². The third kappa shape index (κ3) is 1.89. The van der Waals surface area contributed by atoms with Crippen molar-refractivity contribution in [2.45, 2.75) is 25.5 Å². The summed E-state index contributed by atoms with van der Waals surface area (Å²) in [5, 5.41) is 19.1. The zero-order valence-corrected chi connectivity index (χ0v) is 11.4. The molecule has 4 N–H and O–H groups in total. The highest BCUT2D eigenvalue weighted by Crippen LogP contribution is 2.46. The monoisotopic (exact) mass is 289 g/mol. The number of hydrogen-bond donors (Lipinski definition) is 3. The highest BCUT2D eigenvalue weighted by Gasteiger charge is 2.56. The number of pyridine rings is 1. The van der Waals surface area contributed by atoms with Crippen LogP contribution in [0.5, 0.6) is 0 Å². The van der Waals surface area contributed by atoms with Crippen LogP contribution in [-0.2, 0) is 9.59 Å². The first-order valence-corrected chi connectivity index (χ1v) is 6.61. The van der Waals surface area contributed by atoms with Crippen molar-refractivity contribution < 1.29 is 19.8 Å². The van der Waals surface area contributed by atoms with Crippen molar-refractivity contribution in [3.05, 3.63) is 29.6 Å². The van der Waals surface area contributed by atoms with Crippen LogP contribution in [0.2, 0.25) is 0 Å². The molecule has 1 aromatic heterocycles. The van der Waals surface area contributed by atoms with Gasteiger partial charge in [-0.1, -0.05) is 0 Å². The third-order valence-corrected chi connectivity index (χ3v) is 4.07. The normalized spacial score (nSPS) is 25.6. The van der Waals surface area contributed by atoms with E-state index in [-0.39, 0.29) is 17.6 Å². The van der Waals surface area contributed by atoms with Gasteiger partial charge in [0.1, 0.15) is 11.5 Å². The first-order valence-electron chi connectivity index (χ1n) is 6.61. The van der Waals surface area contributed by atoms with Gasteiger partial charge in [0, 0.05) is 6.20 Å². The van der Waals surface area contributed by atoms with Gasteiger partial charge in [0.25, 0.3) is 0 Å². The maximum absolute atomic E-state index is 12.1. The number of aliphatic hydroxyl groups is 1. The van der Waals surface area contributed by atoms with Gasteiger partial charge in [0.2, 0.25) is 5.91 Å². The second-order valence-electron chi connectivity index (χ2n) is 5.35. The molecule has 0 saturated carbocycles. The Bertz CT molecular complexity index is 651. The van der Waals surface area contributed by atoms with Crippen molar-refractivity contribution in [1.82, 2.24) is 9.88 Å². The Kier molecular flexibility index (Phi) is 2.94. The molecule has 0 bridgehead atoms. The lowest BCUT2D eigenvalue weighted by Gasteiger charge is -2.44. The second kappa shape index (κ2) is 4.56. The van der Waals surface area contributed by atoms with Gasteiger partial charge in [-0.3, -0.25) is 4.79 Å². The number of aliphatic hydroxyl groups excluding tert-OH is 1. The molecule has 7 nitrogen and oxygen atoms in total. The van der Waals surface area contributed by atoms with E-state index in [1.807, 2.05) is 0 Å². The molecule has 1 aromatic rings. The Balaban J connectivity index is 2.02. The fourth-order valence-corrected chi connectivity index (χ4v) is 3.11. The first kappa shape index (κ1) is 13.6. The number of amides is 1. The summed E-state index contributed by atoms with van der Waals surface area (Å²) in [7, 11) is 0. The molecule has 3 rings (SSSR count). The number of nitrogen functional groups attached to an aromatic ring is 1. The molecule has 3 heterocycles. The summed E-state index contributed by atoms with van der Waals surface area (Å²) >= 11 is 0. The summed E-state index contributed by atoms with van der Waals surface area (Å²) < 4.78 is 0. The van der Waals surface area contributed by atoms with Gasteiger partial charge in [-0.25, -0.2) is 9.78 Å². The third-order valence-electron chi connectivity index (χ3n) is 4.07. The Morgan fingerprint density at radius 3 is 2.76 bits per heavy atom. The molecule has 1 saturated heterocycles. The maximum atomic E-state index is 12.1. The number of nitrogens with two attached hydrogens (primary N) is 1. The highest BCUT2D eigenvalue weighted by molar-refractivity contribution is 6.06. The molecule has 0 aliphatic carbocycles. The quantitative estimate of drug-likeness (QED) is 0.678. The van der Waals surface area contributed by atoms with Crippen LogP contribution >= 0.6 is 0 Å².